The van der Waals surface area contributed by atoms with Crippen LogP contribution < -0.4 is 5.32 Å². The summed E-state index contributed by atoms with van der Waals surface area (Å²) in [6.07, 6.45) is 5.78. The van der Waals surface area contributed by atoms with Crippen LogP contribution in [0.4, 0.5) is 4.79 Å². The van der Waals surface area contributed by atoms with E-state index in [0.29, 0.717) is 0 Å². The second kappa shape index (κ2) is 6.91. The average molecular weight is 236 g/mol. The predicted molar refractivity (Wildman–Crippen MR) is 68.9 cm³/mol. The number of amides is 1. The summed E-state index contributed by atoms with van der Waals surface area (Å²) < 4.78 is 5.04. The van der Waals surface area contributed by atoms with Crippen LogP contribution in [-0.2, 0) is 4.74 Å². The molecule has 94 valence electrons. The summed E-state index contributed by atoms with van der Waals surface area (Å²) in [6.45, 7) is 9.41. The van der Waals surface area contributed by atoms with Crippen LogP contribution in [0.25, 0.3) is 0 Å². The third-order valence-electron chi connectivity index (χ3n) is 2.57. The Labute approximate surface area is 103 Å². The number of hydrogen-bond acceptors (Lipinski definition) is 3. The normalized spacial score (nSPS) is 20.4. The molecule has 0 aromatic carbocycles. The Bertz CT molecular complexity index is 323. The van der Waals surface area contributed by atoms with Gasteiger partial charge in [-0.2, -0.15) is 0 Å². The van der Waals surface area contributed by atoms with Gasteiger partial charge in [0.2, 0.25) is 0 Å². The van der Waals surface area contributed by atoms with Gasteiger partial charge in [0.25, 0.3) is 0 Å². The van der Waals surface area contributed by atoms with Crippen molar-refractivity contribution in [3.63, 3.8) is 0 Å². The van der Waals surface area contributed by atoms with E-state index in [9.17, 15) is 4.79 Å². The zero-order chi connectivity index (χ0) is 12.7. The number of carbonyl (C=O) groups is 1. The molecule has 1 atom stereocenters. The first-order valence-electron chi connectivity index (χ1n) is 5.70. The van der Waals surface area contributed by atoms with Gasteiger partial charge in [-0.25, -0.2) is 4.79 Å². The molecule has 17 heavy (non-hydrogen) atoms. The van der Waals surface area contributed by atoms with Crippen LogP contribution in [0.15, 0.2) is 37.0 Å². The average Bonchev–Trinajstić information content (AvgIpc) is 2.69. The molecule has 0 radical (unpaired) electrons. The summed E-state index contributed by atoms with van der Waals surface area (Å²) in [5.74, 6) is 0. The van der Waals surface area contributed by atoms with E-state index >= 15 is 0 Å². The van der Waals surface area contributed by atoms with Crippen molar-refractivity contribution in [3.05, 3.63) is 37.0 Å². The van der Waals surface area contributed by atoms with E-state index in [1.807, 2.05) is 7.05 Å². The van der Waals surface area contributed by atoms with Crippen LogP contribution in [0.5, 0.6) is 0 Å². The molecule has 0 aliphatic carbocycles. The SMILES string of the molecule is C=C/C=C\C(=C)COC(=O)NC1CCN(C)C1. The fourth-order valence-corrected chi connectivity index (χ4v) is 1.67. The van der Waals surface area contributed by atoms with Crippen LogP contribution in [0.3, 0.4) is 0 Å². The molecule has 0 aromatic heterocycles. The molecule has 4 heteroatoms. The summed E-state index contributed by atoms with van der Waals surface area (Å²) in [5.41, 5.74) is 0.739. The zero-order valence-corrected chi connectivity index (χ0v) is 10.3. The number of allylic oxidation sites excluding steroid dienone is 2. The second-order valence-corrected chi connectivity index (χ2v) is 4.22. The molecule has 0 spiro atoms. The molecule has 1 aliphatic heterocycles. The lowest BCUT2D eigenvalue weighted by molar-refractivity contribution is 0.152. The van der Waals surface area contributed by atoms with Gasteiger partial charge in [0.15, 0.2) is 0 Å². The first-order chi connectivity index (χ1) is 8.11. The summed E-state index contributed by atoms with van der Waals surface area (Å²) in [7, 11) is 2.04. The number of likely N-dealkylation sites (tertiary alicyclic amines) is 1. The fourth-order valence-electron chi connectivity index (χ4n) is 1.67. The Morgan fingerprint density at radius 3 is 3.00 bits per heavy atom. The summed E-state index contributed by atoms with van der Waals surface area (Å²) >= 11 is 0. The molecule has 4 nitrogen and oxygen atoms in total. The number of rotatable bonds is 5. The van der Waals surface area contributed by atoms with Gasteiger partial charge in [0.1, 0.15) is 6.61 Å². The van der Waals surface area contributed by atoms with Crippen molar-refractivity contribution in [1.29, 1.82) is 0 Å². The molecule has 1 unspecified atom stereocenters. The number of likely N-dealkylation sites (N-methyl/N-ethyl adjacent to an activating group) is 1. The van der Waals surface area contributed by atoms with Crippen molar-refractivity contribution in [1.82, 2.24) is 10.2 Å². The minimum absolute atomic E-state index is 0.199. The highest BCUT2D eigenvalue weighted by molar-refractivity contribution is 5.67. The van der Waals surface area contributed by atoms with E-state index in [0.717, 1.165) is 25.1 Å². The van der Waals surface area contributed by atoms with Crippen molar-refractivity contribution in [2.24, 2.45) is 0 Å². The van der Waals surface area contributed by atoms with Crippen molar-refractivity contribution in [2.75, 3.05) is 26.7 Å². The molecule has 0 bridgehead atoms. The third-order valence-corrected chi connectivity index (χ3v) is 2.57. The summed E-state index contributed by atoms with van der Waals surface area (Å²) in [6, 6.07) is 0.199. The molecule has 1 aliphatic rings. The standard InChI is InChI=1S/C13H20N2O2/c1-4-5-6-11(2)10-17-13(16)14-12-7-8-15(3)9-12/h4-6,12H,1-2,7-10H2,3H3,(H,14,16)/b6-5-. The maximum Gasteiger partial charge on any atom is 0.407 e. The van der Waals surface area contributed by atoms with Crippen LogP contribution in [0.2, 0.25) is 0 Å². The van der Waals surface area contributed by atoms with Crippen LogP contribution in [0.1, 0.15) is 6.42 Å². The Morgan fingerprint density at radius 1 is 1.65 bits per heavy atom. The summed E-state index contributed by atoms with van der Waals surface area (Å²) in [4.78, 5) is 13.6. The van der Waals surface area contributed by atoms with Crippen molar-refractivity contribution in [3.8, 4) is 0 Å². The van der Waals surface area contributed by atoms with Crippen LogP contribution >= 0.6 is 0 Å². The Morgan fingerprint density at radius 2 is 2.41 bits per heavy atom. The highest BCUT2D eigenvalue weighted by Gasteiger charge is 2.21. The van der Waals surface area contributed by atoms with Gasteiger partial charge in [-0.1, -0.05) is 31.4 Å². The number of nitrogens with zero attached hydrogens (tertiary/aromatic N) is 1. The topological polar surface area (TPSA) is 41.6 Å². The number of carbonyl (C=O) groups excluding carboxylic acids is 1. The van der Waals surface area contributed by atoms with Gasteiger partial charge in [0, 0.05) is 12.6 Å². The molecule has 1 rings (SSSR count). The molecule has 1 amide bonds. The second-order valence-electron chi connectivity index (χ2n) is 4.22. The number of ether oxygens (including phenoxy) is 1. The summed E-state index contributed by atoms with van der Waals surface area (Å²) in [5, 5.41) is 2.83. The Kier molecular flexibility index (Phi) is 5.49. The highest BCUT2D eigenvalue weighted by atomic mass is 16.5. The minimum Gasteiger partial charge on any atom is -0.445 e. The van der Waals surface area contributed by atoms with Crippen LogP contribution in [0, 0.1) is 0 Å². The molecule has 1 heterocycles. The quantitative estimate of drug-likeness (QED) is 0.739. The maximum atomic E-state index is 11.4. The van der Waals surface area contributed by atoms with E-state index in [2.05, 4.69) is 23.4 Å². The van der Waals surface area contributed by atoms with E-state index in [1.165, 1.54) is 0 Å². The van der Waals surface area contributed by atoms with Gasteiger partial charge in [-0.05, 0) is 25.6 Å². The monoisotopic (exact) mass is 236 g/mol. The third kappa shape index (κ3) is 5.36. The van der Waals surface area contributed by atoms with Crippen molar-refractivity contribution < 1.29 is 9.53 Å². The molecule has 1 N–H and O–H groups in total. The van der Waals surface area contributed by atoms with Gasteiger partial charge in [0.05, 0.1) is 0 Å². The minimum atomic E-state index is -0.376. The molecule has 1 fully saturated rings. The fraction of sp³-hybridized carbons (Fsp3) is 0.462. The Balaban J connectivity index is 2.19. The van der Waals surface area contributed by atoms with Crippen molar-refractivity contribution >= 4 is 6.09 Å². The molecule has 1 saturated heterocycles. The first kappa shape index (κ1) is 13.5. The molecule has 0 aromatic rings. The van der Waals surface area contributed by atoms with Gasteiger partial charge in [-0.15, -0.1) is 0 Å². The largest absolute Gasteiger partial charge is 0.445 e. The highest BCUT2D eigenvalue weighted by Crippen LogP contribution is 2.06. The van der Waals surface area contributed by atoms with Crippen molar-refractivity contribution in [2.45, 2.75) is 12.5 Å². The Hall–Kier alpha value is -1.55. The zero-order valence-electron chi connectivity index (χ0n) is 10.3. The molecular formula is C13H20N2O2. The number of nitrogens with one attached hydrogen (secondary N) is 1. The van der Waals surface area contributed by atoms with E-state index in [4.69, 9.17) is 4.74 Å². The number of alkyl carbamates (subject to hydrolysis) is 1. The smallest absolute Gasteiger partial charge is 0.407 e. The van der Waals surface area contributed by atoms with E-state index in [1.54, 1.807) is 18.2 Å². The lowest BCUT2D eigenvalue weighted by Gasteiger charge is -2.12. The van der Waals surface area contributed by atoms with E-state index in [-0.39, 0.29) is 18.7 Å². The van der Waals surface area contributed by atoms with Crippen LogP contribution in [-0.4, -0.2) is 43.8 Å². The first-order valence-corrected chi connectivity index (χ1v) is 5.70. The van der Waals surface area contributed by atoms with Gasteiger partial charge in [-0.3, -0.25) is 0 Å². The van der Waals surface area contributed by atoms with Gasteiger partial charge >= 0.3 is 6.09 Å². The van der Waals surface area contributed by atoms with Gasteiger partial charge < -0.3 is 15.0 Å². The maximum absolute atomic E-state index is 11.4. The molecule has 0 saturated carbocycles. The van der Waals surface area contributed by atoms with E-state index < -0.39 is 0 Å². The number of hydrogen-bond donors (Lipinski definition) is 1. The molecular weight excluding hydrogens is 216 g/mol. The lowest BCUT2D eigenvalue weighted by Crippen LogP contribution is -2.37. The lowest BCUT2D eigenvalue weighted by atomic mass is 10.3. The predicted octanol–water partition coefficient (Wildman–Crippen LogP) is 1.72.